The lowest BCUT2D eigenvalue weighted by Crippen LogP contribution is -2.05. The molecule has 0 aliphatic carbocycles. The van der Waals surface area contributed by atoms with E-state index in [1.54, 1.807) is 0 Å². The summed E-state index contributed by atoms with van der Waals surface area (Å²) in [7, 11) is 0. The Kier molecular flexibility index (Phi) is 0.751. The van der Waals surface area contributed by atoms with E-state index >= 15 is 0 Å². The highest BCUT2D eigenvalue weighted by atomic mass is 79.9. The maximum absolute atomic E-state index is 7.67. The van der Waals surface area contributed by atoms with Crippen LogP contribution in [0.2, 0.25) is 0 Å². The first kappa shape index (κ1) is 2.22. The third-order valence-electron chi connectivity index (χ3n) is 0.739. The van der Waals surface area contributed by atoms with Gasteiger partial charge >= 0.3 is 0 Å². The first-order chi connectivity index (χ1) is 9.22. The van der Waals surface area contributed by atoms with Gasteiger partial charge in [-0.05, 0) is 35.7 Å². The first-order valence-corrected chi connectivity index (χ1v) is 3.34. The van der Waals surface area contributed by atoms with Crippen molar-refractivity contribution in [3.05, 3.63) is 22.9 Å². The van der Waals surface area contributed by atoms with Crippen molar-refractivity contribution >= 4 is 15.9 Å². The SMILES string of the molecule is [2H]c1nc([2H])c(OC([2H])(C([2H])([2H])[2H])C([2H])([2H])[2H])c([2H])c1Br. The predicted octanol–water partition coefficient (Wildman–Crippen LogP) is 2.63. The zero-order chi connectivity index (χ0) is 16.8. The van der Waals surface area contributed by atoms with Gasteiger partial charge in [-0.2, -0.15) is 0 Å². The lowest BCUT2D eigenvalue weighted by atomic mass is 10.4. The van der Waals surface area contributed by atoms with E-state index in [1.807, 2.05) is 0 Å². The Balaban J connectivity index is 3.47. The standard InChI is InChI=1S/C8H10BrNO/c1-6(2)11-8-3-7(9)4-10-5-8/h3-6H,1-2H3/i1D3,2D3,3D,4D,5D,6D. The van der Waals surface area contributed by atoms with Gasteiger partial charge in [-0.15, -0.1) is 0 Å². The van der Waals surface area contributed by atoms with E-state index in [4.69, 9.17) is 18.4 Å². The molecule has 1 heterocycles. The molecule has 11 heavy (non-hydrogen) atoms. The number of ether oxygens (including phenoxy) is 1. The van der Waals surface area contributed by atoms with Gasteiger partial charge in [-0.3, -0.25) is 4.98 Å². The molecule has 0 amide bonds. The summed E-state index contributed by atoms with van der Waals surface area (Å²) in [4.78, 5) is 3.37. The summed E-state index contributed by atoms with van der Waals surface area (Å²) in [6.07, 6.45) is -4.62. The molecule has 60 valence electrons. The third-order valence-corrected chi connectivity index (χ3v) is 1.11. The van der Waals surface area contributed by atoms with Gasteiger partial charge in [0.1, 0.15) is 5.75 Å². The van der Waals surface area contributed by atoms with Gasteiger partial charge in [0, 0.05) is 18.9 Å². The van der Waals surface area contributed by atoms with Crippen LogP contribution in [0, 0.1) is 0 Å². The van der Waals surface area contributed by atoms with E-state index in [0.29, 0.717) is 0 Å². The third kappa shape index (κ3) is 2.89. The summed E-state index contributed by atoms with van der Waals surface area (Å²) in [6, 6.07) is -0.620. The Morgan fingerprint density at radius 1 is 1.82 bits per heavy atom. The van der Waals surface area contributed by atoms with Gasteiger partial charge in [0.2, 0.25) is 0 Å². The predicted molar refractivity (Wildman–Crippen MR) is 47.7 cm³/mol. The molecular formula is C8H10BrNO. The number of nitrogens with zero attached hydrogens (tertiary/aromatic N) is 1. The van der Waals surface area contributed by atoms with Crippen LogP contribution in [-0.2, 0) is 0 Å². The summed E-state index contributed by atoms with van der Waals surface area (Å²) in [5.74, 6) is -0.792. The summed E-state index contributed by atoms with van der Waals surface area (Å²) in [5, 5.41) is 0. The fourth-order valence-corrected chi connectivity index (χ4v) is 0.703. The Morgan fingerprint density at radius 2 is 2.64 bits per heavy atom. The number of aromatic nitrogens is 1. The second kappa shape index (κ2) is 3.72. The lowest BCUT2D eigenvalue weighted by Gasteiger charge is -2.08. The largest absolute Gasteiger partial charge is 0.489 e. The van der Waals surface area contributed by atoms with Gasteiger partial charge in [-0.25, -0.2) is 0 Å². The fraction of sp³-hybridized carbons (Fsp3) is 0.375. The van der Waals surface area contributed by atoms with Crippen LogP contribution in [0.5, 0.6) is 5.75 Å². The monoisotopic (exact) mass is 225 g/mol. The maximum Gasteiger partial charge on any atom is 0.139 e. The fourth-order valence-electron chi connectivity index (χ4n) is 0.434. The molecule has 0 radical (unpaired) electrons. The van der Waals surface area contributed by atoms with E-state index in [9.17, 15) is 0 Å². The van der Waals surface area contributed by atoms with Crippen molar-refractivity contribution in [1.29, 1.82) is 0 Å². The molecule has 1 aromatic heterocycles. The number of rotatable bonds is 2. The summed E-state index contributed by atoms with van der Waals surface area (Å²) < 4.78 is 77.9. The molecule has 0 bridgehead atoms. The summed E-state index contributed by atoms with van der Waals surface area (Å²) in [5.41, 5.74) is 0. The first-order valence-electron chi connectivity index (χ1n) is 7.54. The van der Waals surface area contributed by atoms with Crippen LogP contribution < -0.4 is 4.74 Å². The number of halogens is 1. The van der Waals surface area contributed by atoms with Crippen LogP contribution in [0.4, 0.5) is 0 Å². The van der Waals surface area contributed by atoms with E-state index < -0.39 is 43.9 Å². The van der Waals surface area contributed by atoms with Gasteiger partial charge in [0.15, 0.2) is 0 Å². The van der Waals surface area contributed by atoms with Gasteiger partial charge in [0.05, 0.1) is 17.7 Å². The molecule has 1 aromatic rings. The van der Waals surface area contributed by atoms with Crippen LogP contribution in [0.25, 0.3) is 0 Å². The highest BCUT2D eigenvalue weighted by Crippen LogP contribution is 2.16. The molecule has 0 unspecified atom stereocenters. The smallest absolute Gasteiger partial charge is 0.139 e. The van der Waals surface area contributed by atoms with Gasteiger partial charge < -0.3 is 4.74 Å². The Labute approximate surface area is 88.8 Å². The van der Waals surface area contributed by atoms with Crippen LogP contribution in [0.1, 0.15) is 27.4 Å². The second-order valence-electron chi connectivity index (χ2n) is 1.53. The Hall–Kier alpha value is -0.570. The molecule has 0 spiro atoms. The Bertz CT molecular complexity index is 539. The van der Waals surface area contributed by atoms with Crippen LogP contribution in [0.15, 0.2) is 22.9 Å². The molecule has 0 aliphatic heterocycles. The minimum Gasteiger partial charge on any atom is -0.489 e. The van der Waals surface area contributed by atoms with E-state index in [2.05, 4.69) is 20.9 Å². The van der Waals surface area contributed by atoms with Crippen molar-refractivity contribution < 1.29 is 18.4 Å². The van der Waals surface area contributed by atoms with Gasteiger partial charge in [0.25, 0.3) is 0 Å². The van der Waals surface area contributed by atoms with E-state index in [-0.39, 0.29) is 4.47 Å². The van der Waals surface area contributed by atoms with Crippen LogP contribution in [-0.4, -0.2) is 11.1 Å². The average Bonchev–Trinajstić information content (AvgIpc) is 2.28. The summed E-state index contributed by atoms with van der Waals surface area (Å²) in [6.45, 7) is -6.72. The normalized spacial score (nSPS) is 26.6. The lowest BCUT2D eigenvalue weighted by molar-refractivity contribution is 0.241. The average molecular weight is 226 g/mol. The van der Waals surface area contributed by atoms with Crippen LogP contribution >= 0.6 is 15.9 Å². The van der Waals surface area contributed by atoms with Crippen LogP contribution in [0.3, 0.4) is 0 Å². The molecule has 0 aromatic carbocycles. The molecule has 0 saturated heterocycles. The quantitative estimate of drug-likeness (QED) is 0.773. The van der Waals surface area contributed by atoms with Crippen molar-refractivity contribution in [1.82, 2.24) is 4.98 Å². The molecule has 0 atom stereocenters. The van der Waals surface area contributed by atoms with E-state index in [1.165, 1.54) is 0 Å². The number of hydrogen-bond donors (Lipinski definition) is 0. The van der Waals surface area contributed by atoms with Gasteiger partial charge in [-0.1, -0.05) is 0 Å². The minimum absolute atomic E-state index is 0.202. The van der Waals surface area contributed by atoms with Crippen molar-refractivity contribution in [2.45, 2.75) is 19.8 Å². The zero-order valence-electron chi connectivity index (χ0n) is 15.2. The molecule has 0 fully saturated rings. The molecule has 0 aliphatic rings. The molecule has 0 saturated carbocycles. The molecule has 2 nitrogen and oxygen atoms in total. The van der Waals surface area contributed by atoms with Crippen molar-refractivity contribution in [3.8, 4) is 5.75 Å². The second-order valence-corrected chi connectivity index (χ2v) is 2.33. The molecule has 1 rings (SSSR count). The van der Waals surface area contributed by atoms with Crippen molar-refractivity contribution in [2.75, 3.05) is 0 Å². The highest BCUT2D eigenvalue weighted by molar-refractivity contribution is 9.10. The zero-order valence-corrected chi connectivity index (χ0v) is 6.82. The highest BCUT2D eigenvalue weighted by Gasteiger charge is 1.97. The topological polar surface area (TPSA) is 22.1 Å². The Morgan fingerprint density at radius 3 is 3.36 bits per heavy atom. The van der Waals surface area contributed by atoms with Crippen molar-refractivity contribution in [3.63, 3.8) is 0 Å². The number of hydrogen-bond acceptors (Lipinski definition) is 2. The maximum atomic E-state index is 7.67. The number of pyridine rings is 1. The molecule has 3 heteroatoms. The van der Waals surface area contributed by atoms with E-state index in [0.717, 1.165) is 0 Å². The minimum atomic E-state index is -3.36. The molecule has 0 N–H and O–H groups in total. The molecular weight excluding hydrogens is 206 g/mol. The van der Waals surface area contributed by atoms with Crippen molar-refractivity contribution in [2.24, 2.45) is 0 Å². The summed E-state index contributed by atoms with van der Waals surface area (Å²) >= 11 is 2.83.